The van der Waals surface area contributed by atoms with Crippen LogP contribution < -0.4 is 5.32 Å². The number of carboxylic acid groups (broad SMARTS) is 1. The molecule has 0 aliphatic carbocycles. The van der Waals surface area contributed by atoms with Crippen LogP contribution in [0, 0.1) is 0 Å². The molecule has 0 bridgehead atoms. The van der Waals surface area contributed by atoms with Crippen LogP contribution in [-0.4, -0.2) is 50.1 Å². The number of hydrogen-bond donors (Lipinski definition) is 4. The standard InChI is InChI=1S/C10H10N4O4/c15-4-8(10(17)18)11-9(16)5-1-2-6-7(3-5)13-14-12-6/h1-3,8,15H,4H2,(H,11,16)(H,17,18)(H,12,13,14)/t8-/m1/s1. The van der Waals surface area contributed by atoms with E-state index >= 15 is 0 Å². The Labute approximate surface area is 101 Å². The molecule has 0 radical (unpaired) electrons. The van der Waals surface area contributed by atoms with Crippen molar-refractivity contribution < 1.29 is 19.8 Å². The number of amides is 1. The van der Waals surface area contributed by atoms with Gasteiger partial charge < -0.3 is 15.5 Å². The number of aromatic amines is 1. The van der Waals surface area contributed by atoms with Gasteiger partial charge in [-0.15, -0.1) is 0 Å². The second-order valence-electron chi connectivity index (χ2n) is 3.57. The predicted molar refractivity (Wildman–Crippen MR) is 59.9 cm³/mol. The molecule has 0 aliphatic heterocycles. The molecule has 4 N–H and O–H groups in total. The lowest BCUT2D eigenvalue weighted by Crippen LogP contribution is -2.43. The highest BCUT2D eigenvalue weighted by Crippen LogP contribution is 2.10. The minimum Gasteiger partial charge on any atom is -0.480 e. The minimum atomic E-state index is -1.33. The van der Waals surface area contributed by atoms with E-state index in [-0.39, 0.29) is 5.56 Å². The third kappa shape index (κ3) is 2.28. The van der Waals surface area contributed by atoms with Crippen LogP contribution in [0.1, 0.15) is 10.4 Å². The molecular formula is C10H10N4O4. The molecule has 18 heavy (non-hydrogen) atoms. The fourth-order valence-electron chi connectivity index (χ4n) is 1.41. The first kappa shape index (κ1) is 12.0. The van der Waals surface area contributed by atoms with E-state index in [1.165, 1.54) is 12.1 Å². The average Bonchev–Trinajstić information content (AvgIpc) is 2.82. The van der Waals surface area contributed by atoms with E-state index in [1.807, 2.05) is 0 Å². The molecule has 0 fully saturated rings. The maximum atomic E-state index is 11.7. The van der Waals surface area contributed by atoms with Gasteiger partial charge in [-0.05, 0) is 18.2 Å². The van der Waals surface area contributed by atoms with Crippen molar-refractivity contribution in [1.29, 1.82) is 0 Å². The van der Waals surface area contributed by atoms with Crippen molar-refractivity contribution in [2.45, 2.75) is 6.04 Å². The van der Waals surface area contributed by atoms with Crippen LogP contribution in [0.15, 0.2) is 18.2 Å². The smallest absolute Gasteiger partial charge is 0.328 e. The Kier molecular flexibility index (Phi) is 3.20. The molecule has 0 saturated heterocycles. The highest BCUT2D eigenvalue weighted by molar-refractivity contribution is 5.99. The monoisotopic (exact) mass is 250 g/mol. The summed E-state index contributed by atoms with van der Waals surface area (Å²) >= 11 is 0. The summed E-state index contributed by atoms with van der Waals surface area (Å²) in [5, 5.41) is 29.8. The predicted octanol–water partition coefficient (Wildman–Crippen LogP) is -0.867. The molecule has 0 spiro atoms. The van der Waals surface area contributed by atoms with E-state index in [1.54, 1.807) is 6.07 Å². The zero-order chi connectivity index (χ0) is 13.1. The maximum Gasteiger partial charge on any atom is 0.328 e. The number of fused-ring (bicyclic) bond motifs is 1. The zero-order valence-electron chi connectivity index (χ0n) is 9.12. The van der Waals surface area contributed by atoms with Crippen molar-refractivity contribution in [3.05, 3.63) is 23.8 Å². The van der Waals surface area contributed by atoms with E-state index in [2.05, 4.69) is 20.7 Å². The molecule has 1 amide bonds. The number of nitrogens with zero attached hydrogens (tertiary/aromatic N) is 2. The summed E-state index contributed by atoms with van der Waals surface area (Å²) in [4.78, 5) is 22.4. The number of aliphatic carboxylic acids is 1. The summed E-state index contributed by atoms with van der Waals surface area (Å²) < 4.78 is 0. The van der Waals surface area contributed by atoms with Gasteiger partial charge >= 0.3 is 5.97 Å². The molecule has 1 heterocycles. The number of carbonyl (C=O) groups excluding carboxylic acids is 1. The first-order valence-electron chi connectivity index (χ1n) is 5.07. The molecule has 8 nitrogen and oxygen atoms in total. The molecule has 0 aliphatic rings. The van der Waals surface area contributed by atoms with Crippen LogP contribution in [0.5, 0.6) is 0 Å². The van der Waals surface area contributed by atoms with Gasteiger partial charge in [-0.3, -0.25) is 4.79 Å². The number of carbonyl (C=O) groups is 2. The minimum absolute atomic E-state index is 0.246. The highest BCUT2D eigenvalue weighted by Gasteiger charge is 2.19. The molecule has 0 unspecified atom stereocenters. The third-order valence-electron chi connectivity index (χ3n) is 2.36. The molecule has 1 aromatic heterocycles. The van der Waals surface area contributed by atoms with E-state index < -0.39 is 24.5 Å². The third-order valence-corrected chi connectivity index (χ3v) is 2.36. The largest absolute Gasteiger partial charge is 0.480 e. The van der Waals surface area contributed by atoms with E-state index in [4.69, 9.17) is 10.2 Å². The number of hydrogen-bond acceptors (Lipinski definition) is 5. The van der Waals surface area contributed by atoms with E-state index in [0.717, 1.165) is 0 Å². The normalized spacial score (nSPS) is 12.3. The molecule has 94 valence electrons. The summed E-state index contributed by atoms with van der Waals surface area (Å²) in [6, 6.07) is 3.23. The topological polar surface area (TPSA) is 128 Å². The molecule has 2 rings (SSSR count). The fourth-order valence-corrected chi connectivity index (χ4v) is 1.41. The van der Waals surface area contributed by atoms with E-state index in [9.17, 15) is 9.59 Å². The van der Waals surface area contributed by atoms with Gasteiger partial charge in [-0.25, -0.2) is 4.79 Å². The molecule has 2 aromatic rings. The van der Waals surface area contributed by atoms with Gasteiger partial charge in [0.1, 0.15) is 11.0 Å². The van der Waals surface area contributed by atoms with Crippen LogP contribution in [0.25, 0.3) is 11.0 Å². The van der Waals surface area contributed by atoms with Crippen LogP contribution >= 0.6 is 0 Å². The number of nitrogens with one attached hydrogen (secondary N) is 2. The van der Waals surface area contributed by atoms with Crippen molar-refractivity contribution in [3.8, 4) is 0 Å². The number of rotatable bonds is 4. The number of aliphatic hydroxyl groups is 1. The summed E-state index contributed by atoms with van der Waals surface area (Å²) in [7, 11) is 0. The lowest BCUT2D eigenvalue weighted by molar-refractivity contribution is -0.140. The Hall–Kier alpha value is -2.48. The van der Waals surface area contributed by atoms with Crippen molar-refractivity contribution in [1.82, 2.24) is 20.7 Å². The first-order chi connectivity index (χ1) is 8.61. The molecule has 1 aromatic carbocycles. The Morgan fingerprint density at radius 3 is 2.72 bits per heavy atom. The lowest BCUT2D eigenvalue weighted by atomic mass is 10.1. The number of aliphatic hydroxyl groups excluding tert-OH is 1. The second-order valence-corrected chi connectivity index (χ2v) is 3.57. The Balaban J connectivity index is 2.19. The van der Waals surface area contributed by atoms with Gasteiger partial charge in [0.15, 0.2) is 6.04 Å². The molecule has 8 heteroatoms. The number of H-pyrrole nitrogens is 1. The first-order valence-corrected chi connectivity index (χ1v) is 5.07. The molecule has 0 saturated carbocycles. The van der Waals surface area contributed by atoms with Crippen molar-refractivity contribution in [2.75, 3.05) is 6.61 Å². The maximum absolute atomic E-state index is 11.7. The Bertz CT molecular complexity index is 594. The Morgan fingerprint density at radius 1 is 1.33 bits per heavy atom. The van der Waals surface area contributed by atoms with Crippen LogP contribution in [0.4, 0.5) is 0 Å². The Morgan fingerprint density at radius 2 is 2.06 bits per heavy atom. The van der Waals surface area contributed by atoms with Crippen LogP contribution in [-0.2, 0) is 4.79 Å². The van der Waals surface area contributed by atoms with Gasteiger partial charge in [-0.2, -0.15) is 15.4 Å². The number of benzene rings is 1. The highest BCUT2D eigenvalue weighted by atomic mass is 16.4. The van der Waals surface area contributed by atoms with Crippen molar-refractivity contribution in [2.24, 2.45) is 0 Å². The van der Waals surface area contributed by atoms with Crippen molar-refractivity contribution >= 4 is 22.9 Å². The lowest BCUT2D eigenvalue weighted by Gasteiger charge is -2.11. The second kappa shape index (κ2) is 4.80. The van der Waals surface area contributed by atoms with Gasteiger partial charge in [0.2, 0.25) is 0 Å². The number of aromatic nitrogens is 3. The quantitative estimate of drug-likeness (QED) is 0.558. The number of carboxylic acids is 1. The fraction of sp³-hybridized carbons (Fsp3) is 0.200. The zero-order valence-corrected chi connectivity index (χ0v) is 9.12. The van der Waals surface area contributed by atoms with Gasteiger partial charge in [0, 0.05) is 5.56 Å². The molecule has 1 atom stereocenters. The van der Waals surface area contributed by atoms with Crippen molar-refractivity contribution in [3.63, 3.8) is 0 Å². The SMILES string of the molecule is O=C(N[C@H](CO)C(=O)O)c1ccc2n[nH]nc2c1. The summed E-state index contributed by atoms with van der Waals surface area (Å²) in [6.45, 7) is -0.673. The summed E-state index contributed by atoms with van der Waals surface area (Å²) in [5.74, 6) is -1.89. The molecular weight excluding hydrogens is 240 g/mol. The summed E-state index contributed by atoms with van der Waals surface area (Å²) in [5.41, 5.74) is 1.35. The van der Waals surface area contributed by atoms with Gasteiger partial charge in [0.25, 0.3) is 5.91 Å². The average molecular weight is 250 g/mol. The summed E-state index contributed by atoms with van der Waals surface area (Å²) in [6.07, 6.45) is 0. The van der Waals surface area contributed by atoms with Crippen LogP contribution in [0.2, 0.25) is 0 Å². The van der Waals surface area contributed by atoms with Gasteiger partial charge in [0.05, 0.1) is 6.61 Å². The van der Waals surface area contributed by atoms with Crippen LogP contribution in [0.3, 0.4) is 0 Å². The van der Waals surface area contributed by atoms with Gasteiger partial charge in [-0.1, -0.05) is 0 Å². The van der Waals surface area contributed by atoms with E-state index in [0.29, 0.717) is 11.0 Å².